The molecule has 0 fully saturated rings. The molecule has 0 heterocycles. The van der Waals surface area contributed by atoms with Crippen LogP contribution in [-0.2, 0) is 4.79 Å². The van der Waals surface area contributed by atoms with Crippen molar-refractivity contribution >= 4 is 21.8 Å². The molecule has 19 heavy (non-hydrogen) atoms. The van der Waals surface area contributed by atoms with Gasteiger partial charge >= 0.3 is 0 Å². The highest BCUT2D eigenvalue weighted by Gasteiger charge is 2.17. The molecule has 0 aliphatic carbocycles. The molecule has 2 N–H and O–H groups in total. The Hall–Kier alpha value is -0.870. The first kappa shape index (κ1) is 16.2. The molecule has 0 aliphatic heterocycles. The third kappa shape index (κ3) is 5.74. The Morgan fingerprint density at radius 1 is 1.32 bits per heavy atom. The molecule has 0 spiro atoms. The molecule has 4 heteroatoms. The normalized spacial score (nSPS) is 13.1. The minimum atomic E-state index is -0.139. The maximum absolute atomic E-state index is 11.8. The average molecular weight is 327 g/mol. The second kappa shape index (κ2) is 7.06. The van der Waals surface area contributed by atoms with Gasteiger partial charge in [0.05, 0.1) is 6.54 Å². The van der Waals surface area contributed by atoms with Gasteiger partial charge < -0.3 is 10.6 Å². The predicted octanol–water partition coefficient (Wildman–Crippen LogP) is 3.40. The largest absolute Gasteiger partial charge is 0.350 e. The van der Waals surface area contributed by atoms with E-state index in [0.717, 1.165) is 10.9 Å². The molecule has 0 saturated carbocycles. The second-order valence-electron chi connectivity index (χ2n) is 5.44. The Bertz CT molecular complexity index is 415. The van der Waals surface area contributed by atoms with Crippen molar-refractivity contribution in [3.8, 4) is 0 Å². The summed E-state index contributed by atoms with van der Waals surface area (Å²) in [6.07, 6.45) is 0.918. The Balaban J connectivity index is 2.44. The lowest BCUT2D eigenvalue weighted by atomic mass is 10.0. The molecule has 106 valence electrons. The number of hydrogen-bond acceptors (Lipinski definition) is 2. The summed E-state index contributed by atoms with van der Waals surface area (Å²) < 4.78 is 1.06. The van der Waals surface area contributed by atoms with E-state index in [2.05, 4.69) is 52.5 Å². The maximum Gasteiger partial charge on any atom is 0.234 e. The Morgan fingerprint density at radius 3 is 2.42 bits per heavy atom. The number of amides is 1. The van der Waals surface area contributed by atoms with Crippen molar-refractivity contribution in [2.75, 3.05) is 6.54 Å². The zero-order chi connectivity index (χ0) is 14.5. The van der Waals surface area contributed by atoms with Crippen LogP contribution in [-0.4, -0.2) is 18.0 Å². The minimum absolute atomic E-state index is 0.0378. The third-order valence-electron chi connectivity index (χ3n) is 3.30. The molecule has 1 amide bonds. The van der Waals surface area contributed by atoms with Gasteiger partial charge in [-0.15, -0.1) is 0 Å². The topological polar surface area (TPSA) is 41.1 Å². The molecule has 0 aromatic heterocycles. The first-order chi connectivity index (χ1) is 8.84. The molecule has 0 saturated heterocycles. The summed E-state index contributed by atoms with van der Waals surface area (Å²) >= 11 is 3.41. The molecular weight excluding hydrogens is 304 g/mol. The van der Waals surface area contributed by atoms with E-state index in [1.165, 1.54) is 5.56 Å². The number of halogens is 1. The van der Waals surface area contributed by atoms with E-state index in [4.69, 9.17) is 0 Å². The highest BCUT2D eigenvalue weighted by atomic mass is 79.9. The van der Waals surface area contributed by atoms with E-state index in [1.54, 1.807) is 0 Å². The fourth-order valence-corrected chi connectivity index (χ4v) is 1.89. The summed E-state index contributed by atoms with van der Waals surface area (Å²) in [6.45, 7) is 8.52. The van der Waals surface area contributed by atoms with Gasteiger partial charge in [-0.25, -0.2) is 0 Å². The van der Waals surface area contributed by atoms with Crippen LogP contribution in [0.15, 0.2) is 28.7 Å². The van der Waals surface area contributed by atoms with E-state index in [1.807, 2.05) is 26.0 Å². The zero-order valence-electron chi connectivity index (χ0n) is 12.1. The molecular formula is C15H23BrN2O. The standard InChI is InChI=1S/C15H23BrN2O/c1-5-15(3,4)18-14(19)10-17-11(2)12-6-8-13(16)9-7-12/h6-9,11,17H,5,10H2,1-4H3,(H,18,19). The molecule has 0 radical (unpaired) electrons. The average Bonchev–Trinajstić information content (AvgIpc) is 2.36. The van der Waals surface area contributed by atoms with E-state index < -0.39 is 0 Å². The van der Waals surface area contributed by atoms with Crippen LogP contribution < -0.4 is 10.6 Å². The molecule has 1 aromatic carbocycles. The quantitative estimate of drug-likeness (QED) is 0.841. The van der Waals surface area contributed by atoms with Gasteiger partial charge in [0.2, 0.25) is 5.91 Å². The van der Waals surface area contributed by atoms with Gasteiger partial charge in [-0.1, -0.05) is 35.0 Å². The zero-order valence-corrected chi connectivity index (χ0v) is 13.7. The molecule has 0 bridgehead atoms. The van der Waals surface area contributed by atoms with Crippen molar-refractivity contribution in [1.29, 1.82) is 0 Å². The maximum atomic E-state index is 11.8. The number of carbonyl (C=O) groups is 1. The van der Waals surface area contributed by atoms with Crippen LogP contribution in [0.4, 0.5) is 0 Å². The van der Waals surface area contributed by atoms with E-state index in [9.17, 15) is 4.79 Å². The Kier molecular flexibility index (Phi) is 6.01. The lowest BCUT2D eigenvalue weighted by Crippen LogP contribution is -2.46. The second-order valence-corrected chi connectivity index (χ2v) is 6.36. The monoisotopic (exact) mass is 326 g/mol. The number of rotatable bonds is 6. The van der Waals surface area contributed by atoms with Crippen LogP contribution in [0.2, 0.25) is 0 Å². The van der Waals surface area contributed by atoms with Crippen LogP contribution in [0.1, 0.15) is 45.7 Å². The fraction of sp³-hybridized carbons (Fsp3) is 0.533. The first-order valence-electron chi connectivity index (χ1n) is 6.64. The molecule has 0 aliphatic rings. The van der Waals surface area contributed by atoms with Crippen LogP contribution in [0.25, 0.3) is 0 Å². The number of benzene rings is 1. The van der Waals surface area contributed by atoms with E-state index >= 15 is 0 Å². The van der Waals surface area contributed by atoms with Gasteiger partial charge in [-0.2, -0.15) is 0 Å². The van der Waals surface area contributed by atoms with Gasteiger partial charge in [0.1, 0.15) is 0 Å². The van der Waals surface area contributed by atoms with Gasteiger partial charge in [0, 0.05) is 16.1 Å². The molecule has 1 atom stereocenters. The smallest absolute Gasteiger partial charge is 0.234 e. The summed E-state index contributed by atoms with van der Waals surface area (Å²) in [5, 5.41) is 6.25. The molecule has 1 aromatic rings. The SMILES string of the molecule is CCC(C)(C)NC(=O)CNC(C)c1ccc(Br)cc1. The van der Waals surface area contributed by atoms with Crippen molar-refractivity contribution in [2.45, 2.75) is 45.7 Å². The first-order valence-corrected chi connectivity index (χ1v) is 7.43. The lowest BCUT2D eigenvalue weighted by molar-refractivity contribution is -0.122. The van der Waals surface area contributed by atoms with Gasteiger partial charge in [0.25, 0.3) is 0 Å². The molecule has 3 nitrogen and oxygen atoms in total. The summed E-state index contributed by atoms with van der Waals surface area (Å²) in [5.74, 6) is 0.0378. The van der Waals surface area contributed by atoms with Crippen molar-refractivity contribution in [1.82, 2.24) is 10.6 Å². The van der Waals surface area contributed by atoms with Crippen molar-refractivity contribution in [3.05, 3.63) is 34.3 Å². The number of hydrogen-bond donors (Lipinski definition) is 2. The summed E-state index contributed by atoms with van der Waals surface area (Å²) in [7, 11) is 0. The van der Waals surface area contributed by atoms with Crippen LogP contribution in [0.5, 0.6) is 0 Å². The summed E-state index contributed by atoms with van der Waals surface area (Å²) in [5.41, 5.74) is 1.03. The Morgan fingerprint density at radius 2 is 1.89 bits per heavy atom. The van der Waals surface area contributed by atoms with Gasteiger partial charge in [-0.3, -0.25) is 4.79 Å². The molecule has 1 unspecified atom stereocenters. The Labute approximate surface area is 124 Å². The minimum Gasteiger partial charge on any atom is -0.350 e. The highest BCUT2D eigenvalue weighted by Crippen LogP contribution is 2.16. The molecule has 1 rings (SSSR count). The van der Waals surface area contributed by atoms with Gasteiger partial charge in [0.15, 0.2) is 0 Å². The highest BCUT2D eigenvalue weighted by molar-refractivity contribution is 9.10. The van der Waals surface area contributed by atoms with Crippen LogP contribution >= 0.6 is 15.9 Å². The number of carbonyl (C=O) groups excluding carboxylic acids is 1. The van der Waals surface area contributed by atoms with Crippen LogP contribution in [0.3, 0.4) is 0 Å². The van der Waals surface area contributed by atoms with Crippen molar-refractivity contribution in [3.63, 3.8) is 0 Å². The van der Waals surface area contributed by atoms with E-state index in [-0.39, 0.29) is 17.5 Å². The van der Waals surface area contributed by atoms with Crippen molar-refractivity contribution in [2.24, 2.45) is 0 Å². The van der Waals surface area contributed by atoms with Gasteiger partial charge in [-0.05, 0) is 44.9 Å². The van der Waals surface area contributed by atoms with E-state index in [0.29, 0.717) is 6.54 Å². The van der Waals surface area contributed by atoms with Crippen molar-refractivity contribution < 1.29 is 4.79 Å². The number of nitrogens with one attached hydrogen (secondary N) is 2. The fourth-order valence-electron chi connectivity index (χ4n) is 1.63. The predicted molar refractivity (Wildman–Crippen MR) is 83.1 cm³/mol. The third-order valence-corrected chi connectivity index (χ3v) is 3.83. The summed E-state index contributed by atoms with van der Waals surface area (Å²) in [6, 6.07) is 8.27. The lowest BCUT2D eigenvalue weighted by Gasteiger charge is -2.25. The summed E-state index contributed by atoms with van der Waals surface area (Å²) in [4.78, 5) is 11.8. The van der Waals surface area contributed by atoms with Crippen LogP contribution in [0, 0.1) is 0 Å².